The van der Waals surface area contributed by atoms with E-state index in [1.54, 1.807) is 60.7 Å². The van der Waals surface area contributed by atoms with Crippen LogP contribution < -0.4 is 4.74 Å². The summed E-state index contributed by atoms with van der Waals surface area (Å²) in [7, 11) is 0. The first-order chi connectivity index (χ1) is 15.0. The van der Waals surface area contributed by atoms with E-state index in [2.05, 4.69) is 0 Å². The molecule has 7 heteroatoms. The average molecular weight is 438 g/mol. The zero-order chi connectivity index (χ0) is 22.0. The SMILES string of the molecule is CCOc1ccc(/C(O)=C2/C(=O)C(=O)N(Cc3ccco3)C2c2cccc(Cl)c2)cc1. The summed E-state index contributed by atoms with van der Waals surface area (Å²) in [5, 5.41) is 11.5. The minimum absolute atomic E-state index is 0.00276. The van der Waals surface area contributed by atoms with Crippen LogP contribution in [0.5, 0.6) is 5.75 Å². The van der Waals surface area contributed by atoms with Crippen LogP contribution >= 0.6 is 11.6 Å². The Hall–Kier alpha value is -3.51. The molecule has 1 aliphatic rings. The molecule has 0 saturated carbocycles. The molecule has 1 N–H and O–H groups in total. The van der Waals surface area contributed by atoms with E-state index in [1.165, 1.54) is 11.2 Å². The highest BCUT2D eigenvalue weighted by Crippen LogP contribution is 2.41. The number of likely N-dealkylation sites (tertiary alicyclic amines) is 1. The van der Waals surface area contributed by atoms with Gasteiger partial charge in [0.05, 0.1) is 31.0 Å². The predicted octanol–water partition coefficient (Wildman–Crippen LogP) is 4.95. The van der Waals surface area contributed by atoms with Crippen molar-refractivity contribution in [2.45, 2.75) is 19.5 Å². The number of amides is 1. The molecule has 0 radical (unpaired) electrons. The second-order valence-electron chi connectivity index (χ2n) is 7.02. The second kappa shape index (κ2) is 8.70. The van der Waals surface area contributed by atoms with E-state index in [4.69, 9.17) is 20.8 Å². The van der Waals surface area contributed by atoms with Crippen molar-refractivity contribution in [3.63, 3.8) is 0 Å². The number of hydrogen-bond acceptors (Lipinski definition) is 5. The number of ketones is 1. The fourth-order valence-electron chi connectivity index (χ4n) is 3.67. The van der Waals surface area contributed by atoms with Crippen molar-refractivity contribution in [1.82, 2.24) is 4.90 Å². The fourth-order valence-corrected chi connectivity index (χ4v) is 3.87. The number of ether oxygens (including phenoxy) is 1. The molecule has 1 fully saturated rings. The summed E-state index contributed by atoms with van der Waals surface area (Å²) in [6.07, 6.45) is 1.50. The van der Waals surface area contributed by atoms with Gasteiger partial charge in [0.1, 0.15) is 17.3 Å². The van der Waals surface area contributed by atoms with Crippen LogP contribution in [0.2, 0.25) is 5.02 Å². The Morgan fingerprint density at radius 3 is 2.55 bits per heavy atom. The quantitative estimate of drug-likeness (QED) is 0.335. The molecule has 0 aliphatic carbocycles. The zero-order valence-corrected chi connectivity index (χ0v) is 17.5. The van der Waals surface area contributed by atoms with Gasteiger partial charge in [-0.1, -0.05) is 23.7 Å². The summed E-state index contributed by atoms with van der Waals surface area (Å²) < 4.78 is 10.8. The standard InChI is InChI=1S/C24H20ClNO5/c1-2-30-18-10-8-15(9-11-18)22(27)20-21(16-5-3-6-17(25)13-16)26(24(29)23(20)28)14-19-7-4-12-31-19/h3-13,21,27H,2,14H2,1H3/b22-20-. The Labute approximate surface area is 184 Å². The van der Waals surface area contributed by atoms with Crippen LogP contribution in [-0.4, -0.2) is 28.3 Å². The highest BCUT2D eigenvalue weighted by molar-refractivity contribution is 6.46. The molecule has 2 aromatic carbocycles. The van der Waals surface area contributed by atoms with E-state index in [9.17, 15) is 14.7 Å². The maximum absolute atomic E-state index is 13.0. The van der Waals surface area contributed by atoms with Gasteiger partial charge in [0.15, 0.2) is 0 Å². The molecule has 31 heavy (non-hydrogen) atoms. The Balaban J connectivity index is 1.82. The van der Waals surface area contributed by atoms with Gasteiger partial charge in [0.2, 0.25) is 0 Å². The number of carbonyl (C=O) groups excluding carboxylic acids is 2. The smallest absolute Gasteiger partial charge is 0.296 e. The molecule has 4 rings (SSSR count). The lowest BCUT2D eigenvalue weighted by Crippen LogP contribution is -2.29. The lowest BCUT2D eigenvalue weighted by atomic mass is 9.95. The summed E-state index contributed by atoms with van der Waals surface area (Å²) in [5.41, 5.74) is 1.03. The monoisotopic (exact) mass is 437 g/mol. The Morgan fingerprint density at radius 1 is 1.13 bits per heavy atom. The Morgan fingerprint density at radius 2 is 1.90 bits per heavy atom. The van der Waals surface area contributed by atoms with Crippen LogP contribution in [0.3, 0.4) is 0 Å². The molecule has 0 bridgehead atoms. The third-order valence-electron chi connectivity index (χ3n) is 5.05. The lowest BCUT2D eigenvalue weighted by molar-refractivity contribution is -0.140. The molecule has 1 aromatic heterocycles. The van der Waals surface area contributed by atoms with Gasteiger partial charge >= 0.3 is 0 Å². The number of benzene rings is 2. The summed E-state index contributed by atoms with van der Waals surface area (Å²) >= 11 is 6.18. The van der Waals surface area contributed by atoms with Gasteiger partial charge in [-0.05, 0) is 61.0 Å². The number of carbonyl (C=O) groups is 2. The molecular formula is C24H20ClNO5. The van der Waals surface area contributed by atoms with Crippen LogP contribution in [0, 0.1) is 0 Å². The molecule has 1 unspecified atom stereocenters. The van der Waals surface area contributed by atoms with E-state index >= 15 is 0 Å². The minimum Gasteiger partial charge on any atom is -0.507 e. The molecule has 1 amide bonds. The van der Waals surface area contributed by atoms with Gasteiger partial charge < -0.3 is 19.2 Å². The van der Waals surface area contributed by atoms with E-state index in [0.717, 1.165) is 0 Å². The van der Waals surface area contributed by atoms with Gasteiger partial charge in [0, 0.05) is 10.6 Å². The highest BCUT2D eigenvalue weighted by atomic mass is 35.5. The van der Waals surface area contributed by atoms with E-state index < -0.39 is 17.7 Å². The number of aliphatic hydroxyl groups is 1. The van der Waals surface area contributed by atoms with Crippen molar-refractivity contribution in [1.29, 1.82) is 0 Å². The molecule has 6 nitrogen and oxygen atoms in total. The first kappa shape index (κ1) is 20.8. The van der Waals surface area contributed by atoms with Gasteiger partial charge in [-0.25, -0.2) is 0 Å². The van der Waals surface area contributed by atoms with Gasteiger partial charge in [-0.2, -0.15) is 0 Å². The van der Waals surface area contributed by atoms with E-state index in [1.807, 2.05) is 6.92 Å². The number of rotatable bonds is 6. The van der Waals surface area contributed by atoms with Gasteiger partial charge in [-0.15, -0.1) is 0 Å². The van der Waals surface area contributed by atoms with Gasteiger partial charge in [0.25, 0.3) is 11.7 Å². The normalized spacial score (nSPS) is 17.9. The molecule has 0 spiro atoms. The molecule has 1 atom stereocenters. The van der Waals surface area contributed by atoms with Crippen molar-refractivity contribution in [2.75, 3.05) is 6.61 Å². The third-order valence-corrected chi connectivity index (χ3v) is 5.28. The number of halogens is 1. The Kier molecular flexibility index (Phi) is 5.82. The van der Waals surface area contributed by atoms with Crippen molar-refractivity contribution in [2.24, 2.45) is 0 Å². The minimum atomic E-state index is -0.810. The number of nitrogens with zero attached hydrogens (tertiary/aromatic N) is 1. The molecule has 1 aliphatic heterocycles. The van der Waals surface area contributed by atoms with Crippen LogP contribution in [0.25, 0.3) is 5.76 Å². The first-order valence-electron chi connectivity index (χ1n) is 9.79. The number of aliphatic hydroxyl groups excluding tert-OH is 1. The van der Waals surface area contributed by atoms with Crippen molar-refractivity contribution in [3.05, 3.63) is 94.4 Å². The lowest BCUT2D eigenvalue weighted by Gasteiger charge is -2.24. The molecule has 1 saturated heterocycles. The Bertz CT molecular complexity index is 1140. The summed E-state index contributed by atoms with van der Waals surface area (Å²) in [6.45, 7) is 2.46. The molecule has 158 valence electrons. The predicted molar refractivity (Wildman–Crippen MR) is 116 cm³/mol. The number of hydrogen-bond donors (Lipinski definition) is 1. The third kappa shape index (κ3) is 4.07. The van der Waals surface area contributed by atoms with Crippen molar-refractivity contribution < 1.29 is 23.8 Å². The molecule has 3 aromatic rings. The van der Waals surface area contributed by atoms with Crippen LogP contribution in [-0.2, 0) is 16.1 Å². The highest BCUT2D eigenvalue weighted by Gasteiger charge is 2.46. The molecular weight excluding hydrogens is 418 g/mol. The largest absolute Gasteiger partial charge is 0.507 e. The zero-order valence-electron chi connectivity index (χ0n) is 16.7. The van der Waals surface area contributed by atoms with Gasteiger partial charge in [-0.3, -0.25) is 9.59 Å². The van der Waals surface area contributed by atoms with E-state index in [-0.39, 0.29) is 17.9 Å². The fraction of sp³-hybridized carbons (Fsp3) is 0.167. The van der Waals surface area contributed by atoms with Crippen LogP contribution in [0.4, 0.5) is 0 Å². The maximum Gasteiger partial charge on any atom is 0.296 e. The summed E-state index contributed by atoms with van der Waals surface area (Å²) in [5.74, 6) is -0.566. The van der Waals surface area contributed by atoms with E-state index in [0.29, 0.717) is 34.3 Å². The second-order valence-corrected chi connectivity index (χ2v) is 7.46. The van der Waals surface area contributed by atoms with Crippen molar-refractivity contribution >= 4 is 29.1 Å². The first-order valence-corrected chi connectivity index (χ1v) is 10.2. The van der Waals surface area contributed by atoms with Crippen LogP contribution in [0.15, 0.2) is 76.9 Å². The average Bonchev–Trinajstić information content (AvgIpc) is 3.36. The molecule has 2 heterocycles. The number of furan rings is 1. The van der Waals surface area contributed by atoms with Crippen LogP contribution in [0.1, 0.15) is 29.9 Å². The summed E-state index contributed by atoms with van der Waals surface area (Å²) in [6, 6.07) is 16.2. The summed E-state index contributed by atoms with van der Waals surface area (Å²) in [4.78, 5) is 27.3. The topological polar surface area (TPSA) is 80.0 Å². The van der Waals surface area contributed by atoms with Crippen molar-refractivity contribution in [3.8, 4) is 5.75 Å². The number of Topliss-reactive ketones (excluding diaryl/α,β-unsaturated/α-hetero) is 1. The maximum atomic E-state index is 13.0.